The predicted octanol–water partition coefficient (Wildman–Crippen LogP) is 3.90. The number of unbranched alkanes of at least 4 members (excludes halogenated alkanes) is 3. The normalized spacial score (nSPS) is 30.4. The van der Waals surface area contributed by atoms with E-state index in [1.54, 1.807) is 27.6 Å². The summed E-state index contributed by atoms with van der Waals surface area (Å²) in [7, 11) is 0. The Balaban J connectivity index is 1.54. The molecule has 0 aromatic heterocycles. The van der Waals surface area contributed by atoms with Gasteiger partial charge in [-0.25, -0.2) is 0 Å². The van der Waals surface area contributed by atoms with E-state index in [9.17, 15) is 14.4 Å². The minimum atomic E-state index is -0.820. The van der Waals surface area contributed by atoms with Gasteiger partial charge in [0.15, 0.2) is 0 Å². The number of rotatable bonds is 9. The number of aliphatic hydroxyl groups is 1. The van der Waals surface area contributed by atoms with Crippen LogP contribution in [0.2, 0.25) is 5.02 Å². The van der Waals surface area contributed by atoms with Gasteiger partial charge in [-0.3, -0.25) is 14.4 Å². The minimum Gasteiger partial charge on any atom is -0.396 e. The Morgan fingerprint density at radius 2 is 1.79 bits per heavy atom. The smallest absolute Gasteiger partial charge is 0.251 e. The molecule has 7 nitrogen and oxygen atoms in total. The van der Waals surface area contributed by atoms with Gasteiger partial charge in [0.2, 0.25) is 11.8 Å². The number of carbonyl (C=O) groups is 3. The molecule has 1 N–H and O–H groups in total. The number of thioether (sulfide) groups is 1. The molecule has 1 spiro atoms. The van der Waals surface area contributed by atoms with Gasteiger partial charge in [-0.1, -0.05) is 67.8 Å². The summed E-state index contributed by atoms with van der Waals surface area (Å²) < 4.78 is -0.820. The number of amides is 3. The van der Waals surface area contributed by atoms with Gasteiger partial charge >= 0.3 is 0 Å². The third-order valence-corrected chi connectivity index (χ3v) is 10.2. The van der Waals surface area contributed by atoms with Crippen LogP contribution >= 0.6 is 23.4 Å². The zero-order valence-corrected chi connectivity index (χ0v) is 23.4. The molecular weight excluding hydrogens is 522 g/mol. The van der Waals surface area contributed by atoms with Crippen LogP contribution in [-0.4, -0.2) is 81.5 Å². The summed E-state index contributed by atoms with van der Waals surface area (Å²) in [5, 5.41) is 9.48. The van der Waals surface area contributed by atoms with Crippen LogP contribution < -0.4 is 4.90 Å². The summed E-state index contributed by atoms with van der Waals surface area (Å²) in [6, 6.07) is 6.57. The molecule has 0 aliphatic carbocycles. The van der Waals surface area contributed by atoms with E-state index in [0.29, 0.717) is 36.9 Å². The van der Waals surface area contributed by atoms with Gasteiger partial charge in [0.05, 0.1) is 27.3 Å². The molecule has 204 valence electrons. The number of anilines is 1. The number of halogens is 1. The van der Waals surface area contributed by atoms with E-state index < -0.39 is 22.6 Å². The van der Waals surface area contributed by atoms with Crippen molar-refractivity contribution in [2.45, 2.75) is 55.1 Å². The SMILES string of the molecule is CCCN1CC=C[C@@H]2S[C@]34C=CCN(c5ccccc5Cl)C(=O)C3N(CCCCCCO)C(=O)[C@@H]4[C@@H]2C1=O. The molecule has 0 bridgehead atoms. The van der Waals surface area contributed by atoms with Crippen LogP contribution in [0.4, 0.5) is 5.69 Å². The zero-order valence-electron chi connectivity index (χ0n) is 21.8. The van der Waals surface area contributed by atoms with Crippen molar-refractivity contribution >= 4 is 46.8 Å². The third-order valence-electron chi connectivity index (χ3n) is 8.19. The van der Waals surface area contributed by atoms with Crippen LogP contribution in [0.3, 0.4) is 0 Å². The first-order valence-electron chi connectivity index (χ1n) is 13.7. The molecule has 1 aromatic carbocycles. The highest BCUT2D eigenvalue weighted by molar-refractivity contribution is 8.02. The lowest BCUT2D eigenvalue weighted by Gasteiger charge is -2.35. The van der Waals surface area contributed by atoms with E-state index in [1.807, 2.05) is 41.3 Å². The van der Waals surface area contributed by atoms with Gasteiger partial charge in [0, 0.05) is 38.0 Å². The number of hydrogen-bond donors (Lipinski definition) is 1. The van der Waals surface area contributed by atoms with Gasteiger partial charge < -0.3 is 19.8 Å². The molecule has 0 radical (unpaired) electrons. The maximum Gasteiger partial charge on any atom is 0.251 e. The first-order chi connectivity index (χ1) is 18.4. The number of nitrogens with zero attached hydrogens (tertiary/aromatic N) is 3. The van der Waals surface area contributed by atoms with Gasteiger partial charge in [-0.05, 0) is 31.4 Å². The number of para-hydroxylation sites is 1. The molecule has 1 aromatic rings. The quantitative estimate of drug-likeness (QED) is 0.368. The van der Waals surface area contributed by atoms with Crippen LogP contribution in [0.1, 0.15) is 39.0 Å². The maximum atomic E-state index is 14.4. The number of fused-ring (bicyclic) bond motifs is 2. The Hall–Kier alpha value is -2.29. The summed E-state index contributed by atoms with van der Waals surface area (Å²) >= 11 is 8.13. The van der Waals surface area contributed by atoms with E-state index in [2.05, 4.69) is 13.0 Å². The van der Waals surface area contributed by atoms with Gasteiger partial charge in [0.25, 0.3) is 5.91 Å². The fourth-order valence-corrected chi connectivity index (χ4v) is 8.78. The van der Waals surface area contributed by atoms with E-state index in [-0.39, 0.29) is 29.6 Å². The summed E-state index contributed by atoms with van der Waals surface area (Å²) in [4.78, 5) is 47.8. The Bertz CT molecular complexity index is 1140. The van der Waals surface area contributed by atoms with Crippen molar-refractivity contribution in [1.82, 2.24) is 9.80 Å². The van der Waals surface area contributed by atoms with Crippen molar-refractivity contribution in [1.29, 1.82) is 0 Å². The largest absolute Gasteiger partial charge is 0.396 e. The zero-order chi connectivity index (χ0) is 26.9. The second kappa shape index (κ2) is 11.4. The maximum absolute atomic E-state index is 14.4. The second-order valence-corrected chi connectivity index (χ2v) is 12.4. The van der Waals surface area contributed by atoms with Gasteiger partial charge in [-0.2, -0.15) is 0 Å². The van der Waals surface area contributed by atoms with Crippen LogP contribution in [0.5, 0.6) is 0 Å². The van der Waals surface area contributed by atoms with E-state index in [4.69, 9.17) is 16.7 Å². The topological polar surface area (TPSA) is 81.2 Å². The Kier molecular flexibility index (Phi) is 8.22. The molecule has 5 rings (SSSR count). The highest BCUT2D eigenvalue weighted by atomic mass is 35.5. The first kappa shape index (κ1) is 27.3. The number of aliphatic hydroxyl groups excluding tert-OH is 1. The summed E-state index contributed by atoms with van der Waals surface area (Å²) in [5.41, 5.74) is 0.627. The molecule has 4 aliphatic rings. The Morgan fingerprint density at radius 1 is 1.00 bits per heavy atom. The van der Waals surface area contributed by atoms with Crippen molar-refractivity contribution in [3.8, 4) is 0 Å². The second-order valence-electron chi connectivity index (χ2n) is 10.5. The van der Waals surface area contributed by atoms with Crippen LogP contribution in [0, 0.1) is 11.8 Å². The highest BCUT2D eigenvalue weighted by Crippen LogP contribution is 2.61. The van der Waals surface area contributed by atoms with E-state index in [1.165, 1.54) is 0 Å². The van der Waals surface area contributed by atoms with E-state index >= 15 is 0 Å². The van der Waals surface area contributed by atoms with Crippen LogP contribution in [0.15, 0.2) is 48.6 Å². The monoisotopic (exact) mass is 557 g/mol. The molecule has 0 saturated carbocycles. The standard InChI is InChI=1S/C29H36ClN3O4S/c1-2-15-31-16-9-13-22-23(26(31)35)24-27(36)33(17-7-3-4-8-19-34)25-28(37)32(18-10-14-29(24,25)38-22)21-12-6-5-11-20(21)30/h5-6,9-14,22-25,34H,2-4,7-8,15-19H2,1H3/t22-,23+,24-,25?,29-/m0/s1. The summed E-state index contributed by atoms with van der Waals surface area (Å²) in [6.07, 6.45) is 12.2. The average molecular weight is 558 g/mol. The van der Waals surface area contributed by atoms with Crippen molar-refractivity contribution in [3.63, 3.8) is 0 Å². The molecule has 5 atom stereocenters. The lowest BCUT2D eigenvalue weighted by molar-refractivity contribution is -0.142. The third kappa shape index (κ3) is 4.58. The molecule has 9 heteroatoms. The van der Waals surface area contributed by atoms with Crippen molar-refractivity contribution < 1.29 is 19.5 Å². The fourth-order valence-electron chi connectivity index (χ4n) is 6.53. The number of carbonyl (C=O) groups excluding carboxylic acids is 3. The molecule has 2 saturated heterocycles. The van der Waals surface area contributed by atoms with Crippen molar-refractivity contribution in [3.05, 3.63) is 53.6 Å². The number of likely N-dealkylation sites (tertiary alicyclic amines) is 1. The van der Waals surface area contributed by atoms with Crippen LogP contribution in [-0.2, 0) is 14.4 Å². The lowest BCUT2D eigenvalue weighted by atomic mass is 9.78. The molecule has 38 heavy (non-hydrogen) atoms. The van der Waals surface area contributed by atoms with Crippen LogP contribution in [0.25, 0.3) is 0 Å². The molecule has 4 heterocycles. The lowest BCUT2D eigenvalue weighted by Crippen LogP contribution is -2.53. The van der Waals surface area contributed by atoms with Crippen molar-refractivity contribution in [2.24, 2.45) is 11.8 Å². The van der Waals surface area contributed by atoms with Crippen molar-refractivity contribution in [2.75, 3.05) is 37.7 Å². The average Bonchev–Trinajstić information content (AvgIpc) is 3.22. The fraction of sp³-hybridized carbons (Fsp3) is 0.552. The molecule has 2 fully saturated rings. The first-order valence-corrected chi connectivity index (χ1v) is 15.0. The van der Waals surface area contributed by atoms with Gasteiger partial charge in [-0.15, -0.1) is 11.8 Å². The Morgan fingerprint density at radius 3 is 2.55 bits per heavy atom. The molecule has 3 amide bonds. The highest BCUT2D eigenvalue weighted by Gasteiger charge is 2.70. The Labute approximate surface area is 233 Å². The molecular formula is C29H36ClN3O4S. The molecule has 1 unspecified atom stereocenters. The van der Waals surface area contributed by atoms with Gasteiger partial charge in [0.1, 0.15) is 6.04 Å². The summed E-state index contributed by atoms with van der Waals surface area (Å²) in [5.74, 6) is -1.33. The molecule has 4 aliphatic heterocycles. The van der Waals surface area contributed by atoms with E-state index in [0.717, 1.165) is 32.1 Å². The number of hydrogen-bond acceptors (Lipinski definition) is 5. The minimum absolute atomic E-state index is 0.0150. The number of benzene rings is 1. The summed E-state index contributed by atoms with van der Waals surface area (Å²) in [6.45, 7) is 4.21. The predicted molar refractivity (Wildman–Crippen MR) is 151 cm³/mol.